The second-order valence-corrected chi connectivity index (χ2v) is 57.5. The average Bonchev–Trinajstić information content (AvgIpc) is 3.72. The summed E-state index contributed by atoms with van der Waals surface area (Å²) < 4.78 is 0.0271. The minimum atomic E-state index is -5.01. The van der Waals surface area contributed by atoms with Gasteiger partial charge in [-0.1, -0.05) is 0 Å². The normalized spacial score (nSPS) is 17.7. The number of hydrogen-bond acceptors (Lipinski definition) is 0. The molecule has 0 amide bonds. The Kier molecular flexibility index (Phi) is 8.63. The zero-order chi connectivity index (χ0) is 34.8. The van der Waals surface area contributed by atoms with Gasteiger partial charge in [0.1, 0.15) is 0 Å². The molecule has 0 bridgehead atoms. The van der Waals surface area contributed by atoms with Crippen molar-refractivity contribution in [2.24, 2.45) is 5.92 Å². The molecule has 2 atom stereocenters. The summed E-state index contributed by atoms with van der Waals surface area (Å²) in [5, 5.41) is 2.51. The van der Waals surface area contributed by atoms with Crippen molar-refractivity contribution >= 4 is 45.9 Å². The SMILES string of the molecule is CC1=Cc2c(-c3cccc4ccccc34)ccc(-c3ccccc3)c2[CH]1[Zr]([Cl])([Cl])([CH]1C(C(C)C)=Cc2c(-c3ccccc3)cccc21)[SiH](C)C. The predicted octanol–water partition coefficient (Wildman–Crippen LogP) is 14.1. The summed E-state index contributed by atoms with van der Waals surface area (Å²) >= 11 is -5.01. The van der Waals surface area contributed by atoms with E-state index >= 15 is 0 Å². The van der Waals surface area contributed by atoms with Crippen molar-refractivity contribution in [2.45, 2.75) is 41.1 Å². The fourth-order valence-electron chi connectivity index (χ4n) is 9.16. The van der Waals surface area contributed by atoms with Crippen molar-refractivity contribution in [1.82, 2.24) is 0 Å². The first-order valence-electron chi connectivity index (χ1n) is 17.9. The molecule has 0 radical (unpaired) electrons. The molecule has 0 saturated carbocycles. The van der Waals surface area contributed by atoms with Gasteiger partial charge in [-0.15, -0.1) is 0 Å². The van der Waals surface area contributed by atoms with Gasteiger partial charge in [-0.2, -0.15) is 0 Å². The molecule has 2 aliphatic rings. The third-order valence-corrected chi connectivity index (χ3v) is 63.5. The van der Waals surface area contributed by atoms with Gasteiger partial charge in [-0.3, -0.25) is 0 Å². The third-order valence-electron chi connectivity index (χ3n) is 11.6. The number of fused-ring (bicyclic) bond motifs is 3. The molecule has 50 heavy (non-hydrogen) atoms. The Balaban J connectivity index is 1.42. The monoisotopic (exact) mass is 783 g/mol. The van der Waals surface area contributed by atoms with Gasteiger partial charge in [0.25, 0.3) is 0 Å². The first-order chi connectivity index (χ1) is 24.1. The van der Waals surface area contributed by atoms with Crippen molar-refractivity contribution in [2.75, 3.05) is 0 Å². The summed E-state index contributed by atoms with van der Waals surface area (Å²) in [5.41, 5.74) is 15.5. The number of halogens is 2. The second-order valence-electron chi connectivity index (χ2n) is 15.0. The maximum atomic E-state index is 8.84. The van der Waals surface area contributed by atoms with Crippen LogP contribution in [0.2, 0.25) is 13.1 Å². The molecule has 0 spiro atoms. The van der Waals surface area contributed by atoms with Crippen molar-refractivity contribution in [3.8, 4) is 33.4 Å². The molecule has 4 heteroatoms. The molecular formula is C46H43Cl2SiZr. The van der Waals surface area contributed by atoms with Gasteiger partial charge in [0.05, 0.1) is 0 Å². The Morgan fingerprint density at radius 3 is 1.82 bits per heavy atom. The summed E-state index contributed by atoms with van der Waals surface area (Å²) in [7, 11) is 17.7. The molecule has 2 unspecified atom stereocenters. The van der Waals surface area contributed by atoms with Gasteiger partial charge >= 0.3 is 309 Å². The number of allylic oxidation sites excluding steroid dienone is 2. The van der Waals surface area contributed by atoms with E-state index in [9.17, 15) is 0 Å². The van der Waals surface area contributed by atoms with Crippen LogP contribution in [0.15, 0.2) is 145 Å². The Hall–Kier alpha value is -3.26. The van der Waals surface area contributed by atoms with Crippen LogP contribution in [0.25, 0.3) is 56.3 Å². The van der Waals surface area contributed by atoms with E-state index < -0.39 is 21.5 Å². The zero-order valence-corrected chi connectivity index (χ0v) is 34.5. The third kappa shape index (κ3) is 5.16. The van der Waals surface area contributed by atoms with Crippen LogP contribution in [-0.2, 0) is 15.6 Å². The number of benzene rings is 6. The van der Waals surface area contributed by atoms with Gasteiger partial charge in [-0.05, 0) is 0 Å². The molecule has 2 aliphatic carbocycles. The summed E-state index contributed by atoms with van der Waals surface area (Å²) in [6.45, 7) is 11.9. The molecule has 6 aromatic carbocycles. The number of hydrogen-bond donors (Lipinski definition) is 0. The second kappa shape index (κ2) is 12.8. The molecule has 0 heterocycles. The van der Waals surface area contributed by atoms with Gasteiger partial charge < -0.3 is 0 Å². The van der Waals surface area contributed by atoms with Crippen molar-refractivity contribution < 1.29 is 15.6 Å². The summed E-state index contributed by atoms with van der Waals surface area (Å²) in [6.07, 6.45) is 4.93. The van der Waals surface area contributed by atoms with E-state index in [2.05, 4.69) is 179 Å². The molecule has 0 saturated heterocycles. The van der Waals surface area contributed by atoms with E-state index in [4.69, 9.17) is 17.0 Å². The molecule has 0 aromatic heterocycles. The quantitative estimate of drug-likeness (QED) is 0.141. The zero-order valence-electron chi connectivity index (χ0n) is 29.4. The van der Waals surface area contributed by atoms with E-state index in [0.29, 0.717) is 5.92 Å². The van der Waals surface area contributed by atoms with Crippen LogP contribution in [0.1, 0.15) is 50.3 Å². The first kappa shape index (κ1) is 33.9. The summed E-state index contributed by atoms with van der Waals surface area (Å²) in [4.78, 5) is 0. The van der Waals surface area contributed by atoms with Crippen LogP contribution in [0, 0.1) is 5.92 Å². The fraction of sp³-hybridized carbons (Fsp3) is 0.174. The first-order valence-corrected chi connectivity index (χ1v) is 34.3. The van der Waals surface area contributed by atoms with E-state index in [1.807, 2.05) is 0 Å². The summed E-state index contributed by atoms with van der Waals surface area (Å²) in [5.74, 6) is -1.42. The molecule has 6 aromatic rings. The molecule has 0 N–H and O–H groups in total. The molecule has 8 rings (SSSR count). The van der Waals surface area contributed by atoms with Gasteiger partial charge in [0.2, 0.25) is 0 Å². The van der Waals surface area contributed by atoms with E-state index in [1.165, 1.54) is 77.6 Å². The number of rotatable bonds is 7. The molecule has 0 nitrogen and oxygen atoms in total. The van der Waals surface area contributed by atoms with Crippen LogP contribution in [0.3, 0.4) is 0 Å². The predicted molar refractivity (Wildman–Crippen MR) is 219 cm³/mol. The Morgan fingerprint density at radius 1 is 0.560 bits per heavy atom. The fourth-order valence-corrected chi connectivity index (χ4v) is 41.2. The standard InChI is InChI=1S/C26H19.C18H17.C2H7Si.2ClH.Zr/c1-18-16-25-22(19-8-3-2-4-9-19)14-15-24(26(25)17-18)23-13-7-11-20-10-5-6-12-21(20)23;1-13(2)16-11-15-9-6-10-17(18(15)12-16)14-7-4-3-5-8-14;1-3-2;;;/h2-17H,1H3;3-13H,1-2H3;3H,1-2H3;2*1H;/q;;;;;+2/p-2. The van der Waals surface area contributed by atoms with Gasteiger partial charge in [-0.25, -0.2) is 0 Å². The van der Waals surface area contributed by atoms with Crippen LogP contribution in [-0.4, -0.2) is 5.92 Å². The van der Waals surface area contributed by atoms with E-state index in [0.717, 1.165) is 0 Å². The van der Waals surface area contributed by atoms with Crippen LogP contribution in [0.4, 0.5) is 0 Å². The Labute approximate surface area is 306 Å². The van der Waals surface area contributed by atoms with Crippen molar-refractivity contribution in [3.63, 3.8) is 0 Å². The van der Waals surface area contributed by atoms with Gasteiger partial charge in [0, 0.05) is 0 Å². The maximum absolute atomic E-state index is 8.84. The molecule has 249 valence electrons. The Bertz CT molecular complexity index is 2330. The Morgan fingerprint density at radius 2 is 1.14 bits per heavy atom. The average molecular weight is 786 g/mol. The van der Waals surface area contributed by atoms with Crippen molar-refractivity contribution in [1.29, 1.82) is 0 Å². The summed E-state index contributed by atoms with van der Waals surface area (Å²) in [6, 6.07) is 48.6. The van der Waals surface area contributed by atoms with Crippen LogP contribution >= 0.6 is 17.0 Å². The molecule has 0 aliphatic heterocycles. The topological polar surface area (TPSA) is 0 Å². The van der Waals surface area contributed by atoms with Gasteiger partial charge in [0.15, 0.2) is 0 Å². The van der Waals surface area contributed by atoms with Crippen molar-refractivity contribution in [3.05, 3.63) is 167 Å². The molecular weight excluding hydrogens is 743 g/mol. The minimum absolute atomic E-state index is 0.00921. The van der Waals surface area contributed by atoms with E-state index in [-0.39, 0.29) is 7.25 Å². The van der Waals surface area contributed by atoms with Crippen LogP contribution in [0.5, 0.6) is 0 Å². The van der Waals surface area contributed by atoms with E-state index in [1.54, 1.807) is 0 Å². The van der Waals surface area contributed by atoms with Crippen LogP contribution < -0.4 is 0 Å². The molecule has 0 fully saturated rings.